The van der Waals surface area contributed by atoms with Crippen molar-refractivity contribution in [3.63, 3.8) is 0 Å². The summed E-state index contributed by atoms with van der Waals surface area (Å²) < 4.78 is 1.84. The second-order valence-electron chi connectivity index (χ2n) is 6.47. The number of tetrazole rings is 1. The highest BCUT2D eigenvalue weighted by Gasteiger charge is 2.28. The fraction of sp³-hybridized carbons (Fsp3) is 0.211. The van der Waals surface area contributed by atoms with E-state index in [9.17, 15) is 9.59 Å². The predicted octanol–water partition coefficient (Wildman–Crippen LogP) is 2.89. The summed E-state index contributed by atoms with van der Waals surface area (Å²) in [5.74, 6) is 0.314. The summed E-state index contributed by atoms with van der Waals surface area (Å²) in [5.41, 5.74) is 2.66. The molecule has 0 spiro atoms. The number of rotatable bonds is 5. The minimum absolute atomic E-state index is 0.155. The Bertz CT molecular complexity index is 991. The summed E-state index contributed by atoms with van der Waals surface area (Å²) in [6.45, 7) is 1.44. The van der Waals surface area contributed by atoms with Gasteiger partial charge >= 0.3 is 0 Å². The largest absolute Gasteiger partial charge is 0.326 e. The summed E-state index contributed by atoms with van der Waals surface area (Å²) in [5, 5.41) is 17.5. The van der Waals surface area contributed by atoms with E-state index < -0.39 is 0 Å². The molecule has 2 amide bonds. The Labute approximate surface area is 155 Å². The molecule has 4 rings (SSSR count). The van der Waals surface area contributed by atoms with Crippen LogP contribution in [0.15, 0.2) is 48.5 Å². The van der Waals surface area contributed by atoms with Crippen molar-refractivity contribution in [2.75, 3.05) is 10.6 Å². The summed E-state index contributed by atoms with van der Waals surface area (Å²) in [4.78, 5) is 23.6. The van der Waals surface area contributed by atoms with E-state index in [2.05, 4.69) is 26.2 Å². The van der Waals surface area contributed by atoms with Gasteiger partial charge in [-0.25, -0.2) is 4.68 Å². The Hall–Kier alpha value is -3.55. The Balaban J connectivity index is 1.50. The van der Waals surface area contributed by atoms with Gasteiger partial charge in [0.2, 0.25) is 5.91 Å². The monoisotopic (exact) mass is 362 g/mol. The van der Waals surface area contributed by atoms with Crippen LogP contribution in [-0.4, -0.2) is 32.0 Å². The first-order valence-electron chi connectivity index (χ1n) is 8.67. The Morgan fingerprint density at radius 1 is 1.04 bits per heavy atom. The molecular weight excluding hydrogens is 344 g/mol. The highest BCUT2D eigenvalue weighted by Crippen LogP contribution is 2.36. The van der Waals surface area contributed by atoms with Crippen molar-refractivity contribution in [1.82, 2.24) is 20.2 Å². The number of nitrogens with zero attached hydrogens (tertiary/aromatic N) is 4. The standard InChI is InChI=1S/C19H18N6O2/c1-12(26)20-15-7-5-13(6-8-15)19(27)21-16-4-2-3-14(11-16)18-22-23-24-25(18)17-9-10-17/h2-8,11,17H,9-10H2,1H3,(H,20,26)(H,21,27). The quantitative estimate of drug-likeness (QED) is 0.727. The molecule has 0 unspecified atom stereocenters. The molecule has 1 aliphatic rings. The highest BCUT2D eigenvalue weighted by molar-refractivity contribution is 6.04. The zero-order chi connectivity index (χ0) is 18.8. The summed E-state index contributed by atoms with van der Waals surface area (Å²) >= 11 is 0. The fourth-order valence-corrected chi connectivity index (χ4v) is 2.80. The molecule has 0 radical (unpaired) electrons. The SMILES string of the molecule is CC(=O)Nc1ccc(C(=O)Nc2cccc(-c3nnnn3C3CC3)c2)cc1. The molecule has 1 saturated carbocycles. The third kappa shape index (κ3) is 3.84. The van der Waals surface area contributed by atoms with E-state index >= 15 is 0 Å². The number of hydrogen-bond acceptors (Lipinski definition) is 5. The van der Waals surface area contributed by atoms with Gasteiger partial charge in [0.15, 0.2) is 5.82 Å². The molecular formula is C19H18N6O2. The van der Waals surface area contributed by atoms with Crippen molar-refractivity contribution < 1.29 is 9.59 Å². The first kappa shape index (κ1) is 16.9. The van der Waals surface area contributed by atoms with Crippen molar-refractivity contribution in [3.8, 4) is 11.4 Å². The molecule has 1 fully saturated rings. The normalized spacial score (nSPS) is 13.2. The van der Waals surface area contributed by atoms with E-state index in [1.54, 1.807) is 24.3 Å². The van der Waals surface area contributed by atoms with Crippen molar-refractivity contribution in [2.45, 2.75) is 25.8 Å². The molecule has 8 nitrogen and oxygen atoms in total. The van der Waals surface area contributed by atoms with Gasteiger partial charge in [0, 0.05) is 29.4 Å². The molecule has 1 aliphatic carbocycles. The lowest BCUT2D eigenvalue weighted by Gasteiger charge is -2.08. The zero-order valence-electron chi connectivity index (χ0n) is 14.7. The number of amides is 2. The number of carbonyl (C=O) groups is 2. The van der Waals surface area contributed by atoms with Crippen LogP contribution in [0.1, 0.15) is 36.2 Å². The lowest BCUT2D eigenvalue weighted by Crippen LogP contribution is -2.12. The van der Waals surface area contributed by atoms with Gasteiger partial charge in [-0.1, -0.05) is 12.1 Å². The van der Waals surface area contributed by atoms with Gasteiger partial charge in [0.05, 0.1) is 6.04 Å². The van der Waals surface area contributed by atoms with Crippen molar-refractivity contribution in [2.24, 2.45) is 0 Å². The second kappa shape index (κ2) is 6.99. The molecule has 2 aromatic carbocycles. The van der Waals surface area contributed by atoms with Crippen LogP contribution in [0.3, 0.4) is 0 Å². The number of benzene rings is 2. The van der Waals surface area contributed by atoms with Crippen molar-refractivity contribution >= 4 is 23.2 Å². The summed E-state index contributed by atoms with van der Waals surface area (Å²) in [6.07, 6.45) is 2.17. The fourth-order valence-electron chi connectivity index (χ4n) is 2.80. The van der Waals surface area contributed by atoms with E-state index in [4.69, 9.17) is 0 Å². The lowest BCUT2D eigenvalue weighted by molar-refractivity contribution is -0.114. The summed E-state index contributed by atoms with van der Waals surface area (Å²) in [6, 6.07) is 14.5. The van der Waals surface area contributed by atoms with E-state index in [-0.39, 0.29) is 11.8 Å². The minimum Gasteiger partial charge on any atom is -0.326 e. The Morgan fingerprint density at radius 2 is 1.81 bits per heavy atom. The molecule has 0 bridgehead atoms. The van der Waals surface area contributed by atoms with Crippen LogP contribution in [0.25, 0.3) is 11.4 Å². The molecule has 1 heterocycles. The molecule has 1 aromatic heterocycles. The van der Waals surface area contributed by atoms with Crippen LogP contribution in [0.4, 0.5) is 11.4 Å². The average Bonchev–Trinajstić information content (AvgIpc) is 3.38. The van der Waals surface area contributed by atoms with Crippen LogP contribution in [0.5, 0.6) is 0 Å². The van der Waals surface area contributed by atoms with Gasteiger partial charge < -0.3 is 10.6 Å². The third-order valence-corrected chi connectivity index (χ3v) is 4.23. The highest BCUT2D eigenvalue weighted by atomic mass is 16.2. The molecule has 2 N–H and O–H groups in total. The molecule has 8 heteroatoms. The number of carbonyl (C=O) groups excluding carboxylic acids is 2. The molecule has 0 saturated heterocycles. The van der Waals surface area contributed by atoms with Gasteiger partial charge in [0.1, 0.15) is 0 Å². The summed E-state index contributed by atoms with van der Waals surface area (Å²) in [7, 11) is 0. The maximum atomic E-state index is 12.5. The smallest absolute Gasteiger partial charge is 0.255 e. The second-order valence-corrected chi connectivity index (χ2v) is 6.47. The number of nitrogens with one attached hydrogen (secondary N) is 2. The average molecular weight is 362 g/mol. The first-order valence-corrected chi connectivity index (χ1v) is 8.67. The van der Waals surface area contributed by atoms with E-state index in [0.29, 0.717) is 28.8 Å². The van der Waals surface area contributed by atoms with Crippen LogP contribution < -0.4 is 10.6 Å². The van der Waals surface area contributed by atoms with Crippen molar-refractivity contribution in [3.05, 3.63) is 54.1 Å². The zero-order valence-corrected chi connectivity index (χ0v) is 14.7. The van der Waals surface area contributed by atoms with Crippen molar-refractivity contribution in [1.29, 1.82) is 0 Å². The number of hydrogen-bond donors (Lipinski definition) is 2. The maximum absolute atomic E-state index is 12.5. The predicted molar refractivity (Wildman–Crippen MR) is 100 cm³/mol. The van der Waals surface area contributed by atoms with E-state index in [1.807, 2.05) is 28.9 Å². The first-order chi connectivity index (χ1) is 13.1. The molecule has 0 aliphatic heterocycles. The number of anilines is 2. The Kier molecular flexibility index (Phi) is 4.37. The topological polar surface area (TPSA) is 102 Å². The third-order valence-electron chi connectivity index (χ3n) is 4.23. The van der Waals surface area contributed by atoms with Gasteiger partial charge in [-0.2, -0.15) is 0 Å². The maximum Gasteiger partial charge on any atom is 0.255 e. The van der Waals surface area contributed by atoms with Crippen LogP contribution >= 0.6 is 0 Å². The van der Waals surface area contributed by atoms with Gasteiger partial charge in [-0.05, 0) is 59.7 Å². The van der Waals surface area contributed by atoms with E-state index in [0.717, 1.165) is 18.4 Å². The molecule has 3 aromatic rings. The minimum atomic E-state index is -0.233. The number of aromatic nitrogens is 4. The lowest BCUT2D eigenvalue weighted by atomic mass is 10.1. The molecule has 136 valence electrons. The Morgan fingerprint density at radius 3 is 2.52 bits per heavy atom. The van der Waals surface area contributed by atoms with Crippen LogP contribution in [-0.2, 0) is 4.79 Å². The van der Waals surface area contributed by atoms with Gasteiger partial charge in [-0.3, -0.25) is 9.59 Å². The molecule has 0 atom stereocenters. The van der Waals surface area contributed by atoms with Gasteiger partial charge in [0.25, 0.3) is 5.91 Å². The molecule has 27 heavy (non-hydrogen) atoms. The van der Waals surface area contributed by atoms with E-state index in [1.165, 1.54) is 6.92 Å². The van der Waals surface area contributed by atoms with Gasteiger partial charge in [-0.15, -0.1) is 5.10 Å². The van der Waals surface area contributed by atoms with Crippen LogP contribution in [0, 0.1) is 0 Å². The van der Waals surface area contributed by atoms with Crippen LogP contribution in [0.2, 0.25) is 0 Å².